The van der Waals surface area contributed by atoms with Crippen LogP contribution < -0.4 is 5.73 Å². The van der Waals surface area contributed by atoms with Gasteiger partial charge >= 0.3 is 0 Å². The maximum absolute atomic E-state index is 13.2. The number of rotatable bonds is 3. The number of aliphatic hydroxyl groups is 1. The number of halogens is 1. The van der Waals surface area contributed by atoms with Crippen molar-refractivity contribution >= 4 is 11.4 Å². The Kier molecular flexibility index (Phi) is 5.61. The molecule has 0 aromatic heterocycles. The van der Waals surface area contributed by atoms with Gasteiger partial charge in [-0.05, 0) is 91.6 Å². The fourth-order valence-corrected chi connectivity index (χ4v) is 4.99. The van der Waals surface area contributed by atoms with Crippen LogP contribution in [0, 0.1) is 24.1 Å². The molecule has 3 nitrogen and oxygen atoms in total. The van der Waals surface area contributed by atoms with E-state index in [9.17, 15) is 9.50 Å². The molecule has 156 valence electrons. The van der Waals surface area contributed by atoms with Crippen LogP contribution in [0.1, 0.15) is 49.8 Å². The summed E-state index contributed by atoms with van der Waals surface area (Å²) < 4.78 is 13.2. The minimum Gasteiger partial charge on any atom is -0.404 e. The van der Waals surface area contributed by atoms with Gasteiger partial charge in [-0.25, -0.2) is 9.38 Å². The van der Waals surface area contributed by atoms with Gasteiger partial charge in [-0.15, -0.1) is 0 Å². The van der Waals surface area contributed by atoms with Crippen molar-refractivity contribution in [3.63, 3.8) is 0 Å². The molecule has 2 aromatic carbocycles. The zero-order chi connectivity index (χ0) is 21.3. The number of nitrogens with two attached hydrogens (primary N) is 1. The maximum Gasteiger partial charge on any atom is 0.123 e. The molecule has 30 heavy (non-hydrogen) atoms. The minimum atomic E-state index is -0.520. The molecule has 2 aliphatic carbocycles. The number of hydrogen-bond acceptors (Lipinski definition) is 3. The average molecular weight is 405 g/mol. The number of allylic oxidation sites excluding steroid dienone is 3. The number of nitrogens with zero attached hydrogens (tertiary/aromatic N) is 1. The van der Waals surface area contributed by atoms with E-state index in [2.05, 4.69) is 32.1 Å². The third-order valence-electron chi connectivity index (χ3n) is 6.79. The second-order valence-corrected chi connectivity index (χ2v) is 8.78. The van der Waals surface area contributed by atoms with Gasteiger partial charge in [-0.3, -0.25) is 0 Å². The van der Waals surface area contributed by atoms with E-state index in [4.69, 9.17) is 10.7 Å². The van der Waals surface area contributed by atoms with E-state index in [1.807, 2.05) is 12.1 Å². The lowest BCUT2D eigenvalue weighted by atomic mass is 9.57. The molecule has 1 saturated carbocycles. The van der Waals surface area contributed by atoms with Crippen LogP contribution in [0.4, 0.5) is 10.1 Å². The SMILES string of the molecule is Cc1ccc([C@H](O)[C@H]2CCCC3=CC(=Nc4ccc(F)cc4)C(=CN)C[C@@]32C)cc1. The highest BCUT2D eigenvalue weighted by molar-refractivity contribution is 6.11. The molecule has 3 atom stereocenters. The van der Waals surface area contributed by atoms with Crippen molar-refractivity contribution in [3.8, 4) is 0 Å². The largest absolute Gasteiger partial charge is 0.404 e. The molecule has 2 aromatic rings. The lowest BCUT2D eigenvalue weighted by Gasteiger charge is -2.48. The molecule has 1 fully saturated rings. The monoisotopic (exact) mass is 404 g/mol. The van der Waals surface area contributed by atoms with E-state index in [1.165, 1.54) is 23.3 Å². The van der Waals surface area contributed by atoms with Gasteiger partial charge in [0.05, 0.1) is 17.5 Å². The molecule has 0 aliphatic heterocycles. The van der Waals surface area contributed by atoms with Gasteiger partial charge in [0.15, 0.2) is 0 Å². The standard InChI is InChI=1S/C26H29FN2O/c1-17-6-8-18(9-7-17)25(30)23-5-3-4-20-14-24(19(16-28)15-26(20,23)2)29-22-12-10-21(27)11-13-22/h6-14,16,23,25,30H,3-5,15,28H2,1-2H3/t23-,25+,26+/m1/s1. The highest BCUT2D eigenvalue weighted by Crippen LogP contribution is 2.55. The van der Waals surface area contributed by atoms with Gasteiger partial charge < -0.3 is 10.8 Å². The Morgan fingerprint density at radius 2 is 1.87 bits per heavy atom. The topological polar surface area (TPSA) is 58.6 Å². The third kappa shape index (κ3) is 3.84. The lowest BCUT2D eigenvalue weighted by Crippen LogP contribution is -2.40. The Balaban J connectivity index is 1.70. The number of fused-ring (bicyclic) bond motifs is 1. The van der Waals surface area contributed by atoms with Crippen molar-refractivity contribution in [1.82, 2.24) is 0 Å². The minimum absolute atomic E-state index is 0.113. The summed E-state index contributed by atoms with van der Waals surface area (Å²) in [6.45, 7) is 4.30. The Morgan fingerprint density at radius 1 is 1.17 bits per heavy atom. The first-order chi connectivity index (χ1) is 14.4. The zero-order valence-electron chi connectivity index (χ0n) is 17.6. The Hall–Kier alpha value is -2.72. The van der Waals surface area contributed by atoms with Crippen LogP contribution in [-0.4, -0.2) is 10.8 Å². The van der Waals surface area contributed by atoms with Crippen molar-refractivity contribution < 1.29 is 9.50 Å². The number of aliphatic imine (C=N–C) groups is 1. The summed E-state index contributed by atoms with van der Waals surface area (Å²) >= 11 is 0. The molecule has 0 bridgehead atoms. The van der Waals surface area contributed by atoms with Gasteiger partial charge in [0.2, 0.25) is 0 Å². The Bertz CT molecular complexity index is 1000. The van der Waals surface area contributed by atoms with Crippen LogP contribution in [0.5, 0.6) is 0 Å². The van der Waals surface area contributed by atoms with Gasteiger partial charge in [0.1, 0.15) is 5.82 Å². The highest BCUT2D eigenvalue weighted by Gasteiger charge is 2.46. The average Bonchev–Trinajstić information content (AvgIpc) is 2.74. The summed E-state index contributed by atoms with van der Waals surface area (Å²) in [7, 11) is 0. The molecule has 0 heterocycles. The normalized spacial score (nSPS) is 27.6. The van der Waals surface area contributed by atoms with Crippen LogP contribution in [0.15, 0.2) is 76.9 Å². The van der Waals surface area contributed by atoms with Gasteiger partial charge in [0.25, 0.3) is 0 Å². The molecule has 3 N–H and O–H groups in total. The predicted octanol–water partition coefficient (Wildman–Crippen LogP) is 5.92. The molecular formula is C26H29FN2O. The second kappa shape index (κ2) is 8.19. The van der Waals surface area contributed by atoms with Crippen LogP contribution in [0.2, 0.25) is 0 Å². The number of aryl methyl sites for hydroxylation is 1. The summed E-state index contributed by atoms with van der Waals surface area (Å²) in [6.07, 6.45) is 7.00. The van der Waals surface area contributed by atoms with Gasteiger partial charge in [0, 0.05) is 0 Å². The molecular weight excluding hydrogens is 375 g/mol. The molecule has 0 saturated heterocycles. The molecule has 4 heteroatoms. The molecule has 0 radical (unpaired) electrons. The number of aliphatic hydroxyl groups excluding tert-OH is 1. The summed E-state index contributed by atoms with van der Waals surface area (Å²) in [5.41, 5.74) is 11.8. The van der Waals surface area contributed by atoms with Crippen molar-refractivity contribution in [3.05, 3.63) is 88.9 Å². The predicted molar refractivity (Wildman–Crippen MR) is 120 cm³/mol. The fourth-order valence-electron chi connectivity index (χ4n) is 4.99. The van der Waals surface area contributed by atoms with E-state index < -0.39 is 6.10 Å². The molecule has 0 spiro atoms. The quantitative estimate of drug-likeness (QED) is 0.667. The van der Waals surface area contributed by atoms with Crippen LogP contribution in [0.3, 0.4) is 0 Å². The maximum atomic E-state index is 13.2. The Morgan fingerprint density at radius 3 is 2.53 bits per heavy atom. The fraction of sp³-hybridized carbons (Fsp3) is 0.346. The van der Waals surface area contributed by atoms with E-state index in [0.717, 1.165) is 42.5 Å². The van der Waals surface area contributed by atoms with Gasteiger partial charge in [-0.1, -0.05) is 42.3 Å². The smallest absolute Gasteiger partial charge is 0.123 e. The van der Waals surface area contributed by atoms with Crippen molar-refractivity contribution in [2.45, 2.75) is 45.6 Å². The van der Waals surface area contributed by atoms with Crippen LogP contribution in [0.25, 0.3) is 0 Å². The van der Waals surface area contributed by atoms with E-state index in [1.54, 1.807) is 18.3 Å². The first-order valence-electron chi connectivity index (χ1n) is 10.6. The summed E-state index contributed by atoms with van der Waals surface area (Å²) in [5, 5.41) is 11.3. The Labute approximate surface area is 177 Å². The number of hydrogen-bond donors (Lipinski definition) is 2. The highest BCUT2D eigenvalue weighted by atomic mass is 19.1. The van der Waals surface area contributed by atoms with E-state index in [-0.39, 0.29) is 17.2 Å². The molecule has 0 amide bonds. The van der Waals surface area contributed by atoms with E-state index in [0.29, 0.717) is 5.69 Å². The first kappa shape index (κ1) is 20.5. The first-order valence-corrected chi connectivity index (χ1v) is 10.6. The summed E-state index contributed by atoms with van der Waals surface area (Å²) in [6, 6.07) is 14.4. The van der Waals surface area contributed by atoms with Crippen molar-refractivity contribution in [1.29, 1.82) is 0 Å². The molecule has 4 rings (SSSR count). The van der Waals surface area contributed by atoms with Gasteiger partial charge in [-0.2, -0.15) is 0 Å². The third-order valence-corrected chi connectivity index (χ3v) is 6.79. The van der Waals surface area contributed by atoms with E-state index >= 15 is 0 Å². The lowest BCUT2D eigenvalue weighted by molar-refractivity contribution is 0.0218. The van der Waals surface area contributed by atoms with Crippen LogP contribution in [-0.2, 0) is 0 Å². The van der Waals surface area contributed by atoms with Crippen molar-refractivity contribution in [2.75, 3.05) is 0 Å². The zero-order valence-corrected chi connectivity index (χ0v) is 17.6. The summed E-state index contributed by atoms with van der Waals surface area (Å²) in [5.74, 6) is -0.161. The molecule has 2 aliphatic rings. The van der Waals surface area contributed by atoms with Crippen LogP contribution >= 0.6 is 0 Å². The number of benzene rings is 2. The molecule has 0 unspecified atom stereocenters. The van der Waals surface area contributed by atoms with Crippen molar-refractivity contribution in [2.24, 2.45) is 22.1 Å². The second-order valence-electron chi connectivity index (χ2n) is 8.78. The summed E-state index contributed by atoms with van der Waals surface area (Å²) in [4.78, 5) is 4.73.